The molecule has 5 heteroatoms. The number of amides is 1. The maximum atomic E-state index is 11.3. The predicted molar refractivity (Wildman–Crippen MR) is 67.1 cm³/mol. The van der Waals surface area contributed by atoms with Crippen LogP contribution in [0.5, 0.6) is 0 Å². The summed E-state index contributed by atoms with van der Waals surface area (Å²) in [6, 6.07) is 7.68. The number of benzene rings is 1. The van der Waals surface area contributed by atoms with Crippen molar-refractivity contribution in [3.63, 3.8) is 0 Å². The maximum Gasteiger partial charge on any atom is 0.229 e. The predicted octanol–water partition coefficient (Wildman–Crippen LogP) is 1.66. The lowest BCUT2D eigenvalue weighted by Crippen LogP contribution is -2.19. The van der Waals surface area contributed by atoms with Crippen LogP contribution < -0.4 is 5.32 Å². The molecular formula is C13H11N3O2. The molecule has 0 spiro atoms. The van der Waals surface area contributed by atoms with Crippen LogP contribution in [0.15, 0.2) is 34.9 Å². The lowest BCUT2D eigenvalue weighted by Gasteiger charge is -1.95. The molecule has 1 aromatic carbocycles. The van der Waals surface area contributed by atoms with E-state index in [1.165, 1.54) is 0 Å². The third-order valence-electron chi connectivity index (χ3n) is 2.76. The fraction of sp³-hybridized carbons (Fsp3) is 0.154. The Hall–Kier alpha value is -2.43. The minimum atomic E-state index is -0.126. The molecule has 0 fully saturated rings. The number of hydrogen-bond acceptors (Lipinski definition) is 4. The van der Waals surface area contributed by atoms with Crippen LogP contribution >= 0.6 is 0 Å². The van der Waals surface area contributed by atoms with Crippen LogP contribution in [0.3, 0.4) is 0 Å². The number of carbonyl (C=O) groups is 1. The van der Waals surface area contributed by atoms with Crippen LogP contribution in [-0.4, -0.2) is 22.9 Å². The number of hydrogen-bond donors (Lipinski definition) is 1. The number of fused-ring (bicyclic) bond motifs is 3. The van der Waals surface area contributed by atoms with Crippen molar-refractivity contribution in [1.29, 1.82) is 0 Å². The van der Waals surface area contributed by atoms with Gasteiger partial charge in [-0.25, -0.2) is 4.98 Å². The molecule has 0 aliphatic rings. The molecule has 1 N–H and O–H groups in total. The third kappa shape index (κ3) is 1.69. The van der Waals surface area contributed by atoms with E-state index in [9.17, 15) is 4.79 Å². The first-order valence-electron chi connectivity index (χ1n) is 5.61. The Labute approximate surface area is 103 Å². The van der Waals surface area contributed by atoms with Crippen LogP contribution in [-0.2, 0) is 11.2 Å². The van der Waals surface area contributed by atoms with Gasteiger partial charge in [0.15, 0.2) is 5.58 Å². The number of para-hydroxylation sites is 1. The average molecular weight is 241 g/mol. The number of nitrogens with zero attached hydrogens (tertiary/aromatic N) is 2. The highest BCUT2D eigenvalue weighted by molar-refractivity contribution is 6.00. The first-order chi connectivity index (χ1) is 8.78. The molecule has 0 saturated heterocycles. The van der Waals surface area contributed by atoms with E-state index in [-0.39, 0.29) is 12.3 Å². The first-order valence-corrected chi connectivity index (χ1v) is 5.61. The zero-order valence-electron chi connectivity index (χ0n) is 9.80. The van der Waals surface area contributed by atoms with E-state index in [1.807, 2.05) is 24.3 Å². The molecule has 2 aromatic heterocycles. The van der Waals surface area contributed by atoms with Gasteiger partial charge < -0.3 is 9.73 Å². The number of oxazole rings is 1. The van der Waals surface area contributed by atoms with E-state index >= 15 is 0 Å². The summed E-state index contributed by atoms with van der Waals surface area (Å²) in [5.41, 5.74) is 2.21. The number of rotatable bonds is 2. The van der Waals surface area contributed by atoms with E-state index < -0.39 is 0 Å². The summed E-state index contributed by atoms with van der Waals surface area (Å²) in [6.45, 7) is 0. The smallest absolute Gasteiger partial charge is 0.229 e. The summed E-state index contributed by atoms with van der Waals surface area (Å²) in [5.74, 6) is 0.279. The Bertz CT molecular complexity index is 733. The molecule has 5 nitrogen and oxygen atoms in total. The zero-order valence-corrected chi connectivity index (χ0v) is 9.80. The van der Waals surface area contributed by atoms with Crippen LogP contribution in [0.2, 0.25) is 0 Å². The quantitative estimate of drug-likeness (QED) is 0.741. The fourth-order valence-electron chi connectivity index (χ4n) is 1.87. The summed E-state index contributed by atoms with van der Waals surface area (Å²) >= 11 is 0. The number of aromatic nitrogens is 2. The second-order valence-electron chi connectivity index (χ2n) is 3.95. The summed E-state index contributed by atoms with van der Waals surface area (Å²) in [4.78, 5) is 19.9. The van der Waals surface area contributed by atoms with Crippen molar-refractivity contribution >= 4 is 27.9 Å². The second kappa shape index (κ2) is 4.10. The molecule has 3 aromatic rings. The van der Waals surface area contributed by atoms with Crippen LogP contribution in [0, 0.1) is 0 Å². The molecule has 0 aliphatic heterocycles. The van der Waals surface area contributed by atoms with Crippen molar-refractivity contribution in [2.24, 2.45) is 0 Å². The van der Waals surface area contributed by atoms with Gasteiger partial charge in [0.1, 0.15) is 11.9 Å². The lowest BCUT2D eigenvalue weighted by atomic mass is 10.2. The number of carbonyl (C=O) groups excluding carboxylic acids is 1. The Morgan fingerprint density at radius 1 is 1.33 bits per heavy atom. The molecule has 18 heavy (non-hydrogen) atoms. The molecule has 0 aliphatic carbocycles. The highest BCUT2D eigenvalue weighted by Gasteiger charge is 2.12. The van der Waals surface area contributed by atoms with Crippen molar-refractivity contribution in [3.05, 3.63) is 36.4 Å². The average Bonchev–Trinajstić information content (AvgIpc) is 2.81. The SMILES string of the molecule is CNC(=O)Cc1nc2cnc3ccccc3c2o1. The number of nitrogens with one attached hydrogen (secondary N) is 1. The van der Waals surface area contributed by atoms with Crippen molar-refractivity contribution < 1.29 is 9.21 Å². The van der Waals surface area contributed by atoms with Gasteiger partial charge in [-0.3, -0.25) is 9.78 Å². The van der Waals surface area contributed by atoms with Gasteiger partial charge in [-0.15, -0.1) is 0 Å². The minimum Gasteiger partial charge on any atom is -0.439 e. The van der Waals surface area contributed by atoms with Gasteiger partial charge in [0.25, 0.3) is 0 Å². The minimum absolute atomic E-state index is 0.126. The van der Waals surface area contributed by atoms with Gasteiger partial charge in [-0.1, -0.05) is 12.1 Å². The van der Waals surface area contributed by atoms with Crippen molar-refractivity contribution in [1.82, 2.24) is 15.3 Å². The molecule has 3 rings (SSSR count). The van der Waals surface area contributed by atoms with Gasteiger partial charge in [-0.05, 0) is 12.1 Å². The maximum absolute atomic E-state index is 11.3. The van der Waals surface area contributed by atoms with Gasteiger partial charge in [0.2, 0.25) is 11.8 Å². The first kappa shape index (κ1) is 10.7. The van der Waals surface area contributed by atoms with E-state index in [0.29, 0.717) is 17.0 Å². The Balaban J connectivity index is 2.16. The van der Waals surface area contributed by atoms with Crippen LogP contribution in [0.4, 0.5) is 0 Å². The standard InChI is InChI=1S/C13H11N3O2/c1-14-11(17)6-12-16-10-7-15-9-5-3-2-4-8(9)13(10)18-12/h2-5,7H,6H2,1H3,(H,14,17). The molecule has 0 saturated carbocycles. The fourth-order valence-corrected chi connectivity index (χ4v) is 1.87. The summed E-state index contributed by atoms with van der Waals surface area (Å²) < 4.78 is 5.64. The molecule has 0 bridgehead atoms. The summed E-state index contributed by atoms with van der Waals surface area (Å²) in [7, 11) is 1.59. The third-order valence-corrected chi connectivity index (χ3v) is 2.76. The van der Waals surface area contributed by atoms with E-state index in [2.05, 4.69) is 15.3 Å². The molecular weight excluding hydrogens is 230 g/mol. The largest absolute Gasteiger partial charge is 0.439 e. The summed E-state index contributed by atoms with van der Waals surface area (Å²) in [5, 5.41) is 3.45. The van der Waals surface area contributed by atoms with Gasteiger partial charge >= 0.3 is 0 Å². The topological polar surface area (TPSA) is 68.0 Å². The van der Waals surface area contributed by atoms with E-state index in [0.717, 1.165) is 10.9 Å². The Morgan fingerprint density at radius 3 is 3.00 bits per heavy atom. The Morgan fingerprint density at radius 2 is 2.17 bits per heavy atom. The van der Waals surface area contributed by atoms with E-state index in [4.69, 9.17) is 4.42 Å². The number of pyridine rings is 1. The monoisotopic (exact) mass is 241 g/mol. The second-order valence-corrected chi connectivity index (χ2v) is 3.95. The molecule has 0 radical (unpaired) electrons. The van der Waals surface area contributed by atoms with Crippen molar-refractivity contribution in [2.75, 3.05) is 7.05 Å². The van der Waals surface area contributed by atoms with E-state index in [1.54, 1.807) is 13.2 Å². The molecule has 0 unspecified atom stereocenters. The zero-order chi connectivity index (χ0) is 12.5. The highest BCUT2D eigenvalue weighted by atomic mass is 16.3. The van der Waals surface area contributed by atoms with Crippen LogP contribution in [0.25, 0.3) is 22.0 Å². The lowest BCUT2D eigenvalue weighted by molar-refractivity contribution is -0.120. The number of likely N-dealkylation sites (N-methyl/N-ethyl adjacent to an activating group) is 1. The molecule has 1 amide bonds. The van der Waals surface area contributed by atoms with Gasteiger partial charge in [-0.2, -0.15) is 0 Å². The van der Waals surface area contributed by atoms with Gasteiger partial charge in [0.05, 0.1) is 11.7 Å². The highest BCUT2D eigenvalue weighted by Crippen LogP contribution is 2.24. The molecule has 2 heterocycles. The molecule has 0 atom stereocenters. The normalized spacial score (nSPS) is 10.9. The molecule has 90 valence electrons. The van der Waals surface area contributed by atoms with Crippen molar-refractivity contribution in [2.45, 2.75) is 6.42 Å². The van der Waals surface area contributed by atoms with Crippen LogP contribution in [0.1, 0.15) is 5.89 Å². The van der Waals surface area contributed by atoms with Crippen molar-refractivity contribution in [3.8, 4) is 0 Å². The summed E-state index contributed by atoms with van der Waals surface area (Å²) in [6.07, 6.45) is 1.80. The Kier molecular flexibility index (Phi) is 2.44. The van der Waals surface area contributed by atoms with Gasteiger partial charge in [0, 0.05) is 12.4 Å².